The van der Waals surface area contributed by atoms with Gasteiger partial charge < -0.3 is 0 Å². The number of fused-ring (bicyclic) bond motifs is 3. The Morgan fingerprint density at radius 2 is 1.33 bits per heavy atom. The van der Waals surface area contributed by atoms with E-state index in [9.17, 15) is 0 Å². The fourth-order valence-electron chi connectivity index (χ4n) is 4.01. The maximum absolute atomic E-state index is 2.41. The van der Waals surface area contributed by atoms with E-state index >= 15 is 0 Å². The largest absolute Gasteiger partial charge is 0.0619 e. The van der Waals surface area contributed by atoms with Crippen LogP contribution in [-0.2, 0) is 10.8 Å². The Hall–Kier alpha value is -1.56. The molecule has 0 bridgehead atoms. The molecule has 0 saturated carbocycles. The molecule has 3 rings (SSSR count). The Morgan fingerprint density at radius 1 is 0.714 bits per heavy atom. The number of aryl methyl sites for hydroxylation is 1. The van der Waals surface area contributed by atoms with E-state index < -0.39 is 0 Å². The van der Waals surface area contributed by atoms with Gasteiger partial charge in [-0.15, -0.1) is 0 Å². The lowest BCUT2D eigenvalue weighted by molar-refractivity contribution is 0.297. The molecule has 21 heavy (non-hydrogen) atoms. The fraction of sp³-hybridized carbons (Fsp3) is 0.429. The van der Waals surface area contributed by atoms with Gasteiger partial charge in [-0.3, -0.25) is 0 Å². The van der Waals surface area contributed by atoms with Crippen LogP contribution in [-0.4, -0.2) is 0 Å². The minimum Gasteiger partial charge on any atom is -0.0619 e. The van der Waals surface area contributed by atoms with Crippen LogP contribution in [0.3, 0.4) is 0 Å². The van der Waals surface area contributed by atoms with Gasteiger partial charge in [0.25, 0.3) is 0 Å². The number of rotatable bonds is 0. The molecule has 0 heterocycles. The SMILES string of the molecule is Cc1cc2c(c(C)c1C)C(C)(C)C(C)(C)c1ccccc1-2. The molecule has 0 aromatic heterocycles. The Kier molecular flexibility index (Phi) is 2.89. The summed E-state index contributed by atoms with van der Waals surface area (Å²) in [5.74, 6) is 0. The topological polar surface area (TPSA) is 0 Å². The molecule has 2 aromatic rings. The first-order valence-corrected chi connectivity index (χ1v) is 7.90. The predicted molar refractivity (Wildman–Crippen MR) is 92.1 cm³/mol. The Labute approximate surface area is 129 Å². The third-order valence-electron chi connectivity index (χ3n) is 6.24. The summed E-state index contributed by atoms with van der Waals surface area (Å²) in [7, 11) is 0. The molecule has 110 valence electrons. The Balaban J connectivity index is 2.51. The summed E-state index contributed by atoms with van der Waals surface area (Å²) in [6.45, 7) is 16.4. The maximum Gasteiger partial charge on any atom is -0.000296 e. The van der Waals surface area contributed by atoms with Crippen molar-refractivity contribution >= 4 is 0 Å². The van der Waals surface area contributed by atoms with E-state index in [0.29, 0.717) is 0 Å². The monoisotopic (exact) mass is 278 g/mol. The van der Waals surface area contributed by atoms with Crippen molar-refractivity contribution in [1.82, 2.24) is 0 Å². The number of hydrogen-bond acceptors (Lipinski definition) is 0. The summed E-state index contributed by atoms with van der Waals surface area (Å²) in [4.78, 5) is 0. The molecule has 0 saturated heterocycles. The molecule has 0 radical (unpaired) electrons. The van der Waals surface area contributed by atoms with Crippen molar-refractivity contribution in [3.63, 3.8) is 0 Å². The Bertz CT molecular complexity index is 730. The Morgan fingerprint density at radius 3 is 2.00 bits per heavy atom. The van der Waals surface area contributed by atoms with Gasteiger partial charge in [-0.2, -0.15) is 0 Å². The highest BCUT2D eigenvalue weighted by Gasteiger charge is 2.46. The molecule has 0 spiro atoms. The minimum atomic E-state index is 0.124. The lowest BCUT2D eigenvalue weighted by Crippen LogP contribution is -2.44. The minimum absolute atomic E-state index is 0.124. The molecule has 0 atom stereocenters. The van der Waals surface area contributed by atoms with Gasteiger partial charge in [-0.05, 0) is 70.5 Å². The van der Waals surface area contributed by atoms with Gasteiger partial charge in [-0.1, -0.05) is 58.0 Å². The van der Waals surface area contributed by atoms with Crippen LogP contribution in [0.4, 0.5) is 0 Å². The van der Waals surface area contributed by atoms with Crippen molar-refractivity contribution < 1.29 is 0 Å². The molecular formula is C21H26. The standard InChI is InChI=1S/C21H26/c1-13-12-17-16-10-8-9-11-18(16)20(4,5)21(6,7)19(17)15(3)14(13)2/h8-12H,1-7H3. The van der Waals surface area contributed by atoms with Gasteiger partial charge in [0.05, 0.1) is 0 Å². The summed E-state index contributed by atoms with van der Waals surface area (Å²) in [5.41, 5.74) is 10.4. The summed E-state index contributed by atoms with van der Waals surface area (Å²) in [6, 6.07) is 11.3. The van der Waals surface area contributed by atoms with Crippen molar-refractivity contribution in [2.24, 2.45) is 0 Å². The van der Waals surface area contributed by atoms with Crippen molar-refractivity contribution in [2.45, 2.75) is 59.3 Å². The quantitative estimate of drug-likeness (QED) is 0.567. The molecule has 0 amide bonds. The molecule has 0 heteroatoms. The predicted octanol–water partition coefficient (Wildman–Crippen LogP) is 5.85. The van der Waals surface area contributed by atoms with E-state index in [1.807, 2.05) is 0 Å². The highest BCUT2D eigenvalue weighted by molar-refractivity contribution is 5.79. The van der Waals surface area contributed by atoms with Gasteiger partial charge in [0.1, 0.15) is 0 Å². The third-order valence-corrected chi connectivity index (χ3v) is 6.24. The van der Waals surface area contributed by atoms with E-state index in [1.54, 1.807) is 0 Å². The van der Waals surface area contributed by atoms with Gasteiger partial charge in [0.15, 0.2) is 0 Å². The van der Waals surface area contributed by atoms with Gasteiger partial charge >= 0.3 is 0 Å². The fourth-order valence-corrected chi connectivity index (χ4v) is 4.01. The number of benzene rings is 2. The van der Waals surface area contributed by atoms with E-state index in [-0.39, 0.29) is 10.8 Å². The molecule has 0 N–H and O–H groups in total. The first-order valence-electron chi connectivity index (χ1n) is 7.90. The molecule has 0 unspecified atom stereocenters. The van der Waals surface area contributed by atoms with Crippen LogP contribution in [0.5, 0.6) is 0 Å². The molecule has 1 aliphatic rings. The van der Waals surface area contributed by atoms with Crippen molar-refractivity contribution in [3.8, 4) is 11.1 Å². The summed E-state index contributed by atoms with van der Waals surface area (Å²) >= 11 is 0. The van der Waals surface area contributed by atoms with Crippen molar-refractivity contribution in [1.29, 1.82) is 0 Å². The second-order valence-corrected chi connectivity index (χ2v) is 7.66. The zero-order valence-corrected chi connectivity index (χ0v) is 14.4. The third kappa shape index (κ3) is 1.68. The second kappa shape index (κ2) is 4.22. The lowest BCUT2D eigenvalue weighted by atomic mass is 9.54. The normalized spacial score (nSPS) is 18.0. The molecule has 0 fully saturated rings. The highest BCUT2D eigenvalue weighted by atomic mass is 14.5. The van der Waals surface area contributed by atoms with Crippen molar-refractivity contribution in [2.75, 3.05) is 0 Å². The number of hydrogen-bond donors (Lipinski definition) is 0. The van der Waals surface area contributed by atoms with Crippen LogP contribution in [0.2, 0.25) is 0 Å². The molecule has 1 aliphatic carbocycles. The first-order chi connectivity index (χ1) is 9.69. The molecular weight excluding hydrogens is 252 g/mol. The average Bonchev–Trinajstić information content (AvgIpc) is 2.42. The summed E-state index contributed by atoms with van der Waals surface area (Å²) < 4.78 is 0. The van der Waals surface area contributed by atoms with Crippen LogP contribution in [0.1, 0.15) is 55.5 Å². The van der Waals surface area contributed by atoms with Gasteiger partial charge in [-0.25, -0.2) is 0 Å². The van der Waals surface area contributed by atoms with E-state index in [1.165, 1.54) is 38.9 Å². The van der Waals surface area contributed by atoms with Crippen LogP contribution in [0, 0.1) is 20.8 Å². The van der Waals surface area contributed by atoms with Crippen LogP contribution in [0.15, 0.2) is 30.3 Å². The summed E-state index contributed by atoms with van der Waals surface area (Å²) in [5, 5.41) is 0. The van der Waals surface area contributed by atoms with Crippen LogP contribution in [0.25, 0.3) is 11.1 Å². The second-order valence-electron chi connectivity index (χ2n) is 7.66. The molecule has 2 aromatic carbocycles. The van der Waals surface area contributed by atoms with Crippen LogP contribution >= 0.6 is 0 Å². The average molecular weight is 278 g/mol. The first kappa shape index (κ1) is 14.4. The van der Waals surface area contributed by atoms with Gasteiger partial charge in [0, 0.05) is 0 Å². The smallest absolute Gasteiger partial charge is 0.000296 e. The van der Waals surface area contributed by atoms with E-state index in [2.05, 4.69) is 78.8 Å². The lowest BCUT2D eigenvalue weighted by Gasteiger charge is -2.49. The van der Waals surface area contributed by atoms with E-state index in [0.717, 1.165) is 0 Å². The zero-order chi connectivity index (χ0) is 15.6. The van der Waals surface area contributed by atoms with E-state index in [4.69, 9.17) is 0 Å². The highest BCUT2D eigenvalue weighted by Crippen LogP contribution is 2.55. The molecule has 0 aliphatic heterocycles. The van der Waals surface area contributed by atoms with Gasteiger partial charge in [0.2, 0.25) is 0 Å². The zero-order valence-electron chi connectivity index (χ0n) is 14.4. The van der Waals surface area contributed by atoms with Crippen molar-refractivity contribution in [3.05, 3.63) is 58.1 Å². The summed E-state index contributed by atoms with van der Waals surface area (Å²) in [6.07, 6.45) is 0. The molecule has 0 nitrogen and oxygen atoms in total. The van der Waals surface area contributed by atoms with Crippen LogP contribution < -0.4 is 0 Å². The maximum atomic E-state index is 2.41.